The second-order valence-corrected chi connectivity index (χ2v) is 3.20. The van der Waals surface area contributed by atoms with Crippen molar-refractivity contribution in [3.8, 4) is 0 Å². The predicted octanol–water partition coefficient (Wildman–Crippen LogP) is 0.248. The van der Waals surface area contributed by atoms with Crippen LogP contribution >= 0.6 is 0 Å². The van der Waals surface area contributed by atoms with E-state index in [0.717, 1.165) is 0 Å². The summed E-state index contributed by atoms with van der Waals surface area (Å²) in [5.74, 6) is -1.50. The second-order valence-electron chi connectivity index (χ2n) is 3.20. The summed E-state index contributed by atoms with van der Waals surface area (Å²) < 4.78 is 4.59. The highest BCUT2D eigenvalue weighted by molar-refractivity contribution is 5.84. The molecule has 0 spiro atoms. The van der Waals surface area contributed by atoms with Crippen molar-refractivity contribution in [2.45, 2.75) is 26.3 Å². The second kappa shape index (κ2) is 6.37. The zero-order valence-electron chi connectivity index (χ0n) is 8.74. The van der Waals surface area contributed by atoms with Gasteiger partial charge in [-0.3, -0.25) is 4.79 Å². The Morgan fingerprint density at radius 3 is 2.43 bits per heavy atom. The molecule has 0 aromatic heterocycles. The van der Waals surface area contributed by atoms with Crippen molar-refractivity contribution in [3.05, 3.63) is 0 Å². The Bertz CT molecular complexity index is 205. The Balaban J connectivity index is 4.23. The van der Waals surface area contributed by atoms with Gasteiger partial charge in [-0.05, 0) is 5.92 Å². The highest BCUT2D eigenvalue weighted by Crippen LogP contribution is 2.07. The lowest BCUT2D eigenvalue weighted by molar-refractivity contribution is -0.143. The molecule has 1 amide bonds. The molecule has 0 aliphatic heterocycles. The molecule has 5 heteroatoms. The third kappa shape index (κ3) is 4.23. The van der Waals surface area contributed by atoms with E-state index >= 15 is 0 Å². The normalized spacial score (nSPS) is 14.5. The first-order valence-electron chi connectivity index (χ1n) is 4.54. The summed E-state index contributed by atoms with van der Waals surface area (Å²) in [6, 6.07) is -0.831. The number of rotatable bonds is 6. The van der Waals surface area contributed by atoms with Crippen LogP contribution < -0.4 is 5.32 Å². The van der Waals surface area contributed by atoms with Crippen molar-refractivity contribution in [2.24, 2.45) is 5.92 Å². The number of carboxylic acids is 1. The molecule has 0 rings (SSSR count). The van der Waals surface area contributed by atoms with Gasteiger partial charge in [0.25, 0.3) is 0 Å². The predicted molar refractivity (Wildman–Crippen MR) is 50.9 cm³/mol. The van der Waals surface area contributed by atoms with Crippen molar-refractivity contribution in [3.63, 3.8) is 0 Å². The number of carbonyl (C=O) groups is 2. The molecule has 0 heterocycles. The minimum atomic E-state index is -1.01. The molecular formula is C9H17NO4. The summed E-state index contributed by atoms with van der Waals surface area (Å²) in [4.78, 5) is 21.9. The monoisotopic (exact) mass is 203 g/mol. The fraction of sp³-hybridized carbons (Fsp3) is 0.778. The standard InChI is InChI=1S/C9H17NO4/c1-4-6(2)8(9(12)13)10-7(11)5-14-3/h6,8H,4-5H2,1-3H3,(H,10,11)(H,12,13)/t6-,8+/m1/s1. The molecule has 0 aromatic carbocycles. The van der Waals surface area contributed by atoms with E-state index in [0.29, 0.717) is 6.42 Å². The van der Waals surface area contributed by atoms with Crippen molar-refractivity contribution >= 4 is 11.9 Å². The lowest BCUT2D eigenvalue weighted by Crippen LogP contribution is -2.46. The fourth-order valence-electron chi connectivity index (χ4n) is 1.03. The number of carbonyl (C=O) groups excluding carboxylic acids is 1. The van der Waals surface area contributed by atoms with Gasteiger partial charge in [-0.1, -0.05) is 20.3 Å². The van der Waals surface area contributed by atoms with Gasteiger partial charge in [-0.15, -0.1) is 0 Å². The summed E-state index contributed by atoms with van der Waals surface area (Å²) in [5.41, 5.74) is 0. The van der Waals surface area contributed by atoms with Crippen LogP contribution in [0, 0.1) is 5.92 Å². The van der Waals surface area contributed by atoms with Crippen LogP contribution in [0.1, 0.15) is 20.3 Å². The van der Waals surface area contributed by atoms with Crippen LogP contribution in [0.4, 0.5) is 0 Å². The summed E-state index contributed by atoms with van der Waals surface area (Å²) >= 11 is 0. The molecule has 0 unspecified atom stereocenters. The van der Waals surface area contributed by atoms with E-state index in [4.69, 9.17) is 5.11 Å². The van der Waals surface area contributed by atoms with Gasteiger partial charge >= 0.3 is 5.97 Å². The Kier molecular flexibility index (Phi) is 5.87. The van der Waals surface area contributed by atoms with Crippen LogP contribution in [0.15, 0.2) is 0 Å². The average Bonchev–Trinajstić information content (AvgIpc) is 2.13. The minimum absolute atomic E-state index is 0.0895. The number of nitrogens with one attached hydrogen (secondary N) is 1. The lowest BCUT2D eigenvalue weighted by Gasteiger charge is -2.19. The maximum atomic E-state index is 11.1. The maximum Gasteiger partial charge on any atom is 0.326 e. The summed E-state index contributed by atoms with van der Waals surface area (Å²) in [6.07, 6.45) is 0.699. The van der Waals surface area contributed by atoms with E-state index in [1.807, 2.05) is 6.92 Å². The quantitative estimate of drug-likeness (QED) is 0.648. The number of methoxy groups -OCH3 is 1. The van der Waals surface area contributed by atoms with Gasteiger partial charge in [0.2, 0.25) is 5.91 Å². The van der Waals surface area contributed by atoms with Crippen molar-refractivity contribution in [2.75, 3.05) is 13.7 Å². The number of carboxylic acid groups (broad SMARTS) is 1. The molecule has 2 N–H and O–H groups in total. The number of hydrogen-bond acceptors (Lipinski definition) is 3. The smallest absolute Gasteiger partial charge is 0.326 e. The highest BCUT2D eigenvalue weighted by Gasteiger charge is 2.24. The number of ether oxygens (including phenoxy) is 1. The minimum Gasteiger partial charge on any atom is -0.480 e. The van der Waals surface area contributed by atoms with E-state index in [9.17, 15) is 9.59 Å². The number of hydrogen-bond donors (Lipinski definition) is 2. The topological polar surface area (TPSA) is 75.6 Å². The molecule has 2 atom stereocenters. The summed E-state index contributed by atoms with van der Waals surface area (Å²) in [5, 5.41) is 11.2. The van der Waals surface area contributed by atoms with Crippen LogP contribution in [0.5, 0.6) is 0 Å². The highest BCUT2D eigenvalue weighted by atomic mass is 16.5. The van der Waals surface area contributed by atoms with Crippen molar-refractivity contribution in [1.82, 2.24) is 5.32 Å². The third-order valence-electron chi connectivity index (χ3n) is 2.07. The number of amides is 1. The Morgan fingerprint density at radius 1 is 1.50 bits per heavy atom. The molecule has 14 heavy (non-hydrogen) atoms. The molecule has 5 nitrogen and oxygen atoms in total. The molecule has 0 saturated heterocycles. The van der Waals surface area contributed by atoms with E-state index in [2.05, 4.69) is 10.1 Å². The van der Waals surface area contributed by atoms with Gasteiger partial charge in [0.15, 0.2) is 0 Å². The first-order valence-corrected chi connectivity index (χ1v) is 4.54. The van der Waals surface area contributed by atoms with Gasteiger partial charge in [0.05, 0.1) is 0 Å². The lowest BCUT2D eigenvalue weighted by atomic mass is 9.99. The molecule has 0 aromatic rings. The summed E-state index contributed by atoms with van der Waals surface area (Å²) in [6.45, 7) is 3.55. The van der Waals surface area contributed by atoms with E-state index in [1.54, 1.807) is 6.92 Å². The average molecular weight is 203 g/mol. The van der Waals surface area contributed by atoms with Gasteiger partial charge in [0, 0.05) is 7.11 Å². The molecule has 0 fully saturated rings. The first-order chi connectivity index (χ1) is 6.52. The fourth-order valence-corrected chi connectivity index (χ4v) is 1.03. The third-order valence-corrected chi connectivity index (χ3v) is 2.07. The SMILES string of the molecule is CC[C@@H](C)[C@H](NC(=O)COC)C(=O)O. The van der Waals surface area contributed by atoms with Crippen LogP contribution in [-0.2, 0) is 14.3 Å². The van der Waals surface area contributed by atoms with Gasteiger partial charge in [0.1, 0.15) is 12.6 Å². The largest absolute Gasteiger partial charge is 0.480 e. The van der Waals surface area contributed by atoms with E-state index < -0.39 is 17.9 Å². The Labute approximate surface area is 83.4 Å². The van der Waals surface area contributed by atoms with Gasteiger partial charge in [-0.25, -0.2) is 4.79 Å². The molecule has 0 aliphatic carbocycles. The number of aliphatic carboxylic acids is 1. The Morgan fingerprint density at radius 2 is 2.07 bits per heavy atom. The van der Waals surface area contributed by atoms with Gasteiger partial charge < -0.3 is 15.2 Å². The molecule has 0 radical (unpaired) electrons. The molecule has 82 valence electrons. The summed E-state index contributed by atoms with van der Waals surface area (Å²) in [7, 11) is 1.39. The van der Waals surface area contributed by atoms with Crippen molar-refractivity contribution in [1.29, 1.82) is 0 Å². The maximum absolute atomic E-state index is 11.1. The zero-order chi connectivity index (χ0) is 11.1. The molecule has 0 saturated carbocycles. The molecular weight excluding hydrogens is 186 g/mol. The van der Waals surface area contributed by atoms with Crippen LogP contribution in [0.2, 0.25) is 0 Å². The zero-order valence-corrected chi connectivity index (χ0v) is 8.74. The molecule has 0 aliphatic rings. The molecule has 0 bridgehead atoms. The van der Waals surface area contributed by atoms with Crippen LogP contribution in [-0.4, -0.2) is 36.7 Å². The first kappa shape index (κ1) is 12.9. The van der Waals surface area contributed by atoms with Gasteiger partial charge in [-0.2, -0.15) is 0 Å². The van der Waals surface area contributed by atoms with E-state index in [1.165, 1.54) is 7.11 Å². The Hall–Kier alpha value is -1.10. The van der Waals surface area contributed by atoms with Crippen molar-refractivity contribution < 1.29 is 19.4 Å². The van der Waals surface area contributed by atoms with Crippen LogP contribution in [0.3, 0.4) is 0 Å². The van der Waals surface area contributed by atoms with E-state index in [-0.39, 0.29) is 12.5 Å². The van der Waals surface area contributed by atoms with Crippen LogP contribution in [0.25, 0.3) is 0 Å².